The van der Waals surface area contributed by atoms with Gasteiger partial charge in [0, 0.05) is 88.9 Å². The molecule has 3 aromatic carbocycles. The number of imidazole rings is 1. The number of fused-ring (bicyclic) bond motifs is 6. The van der Waals surface area contributed by atoms with Crippen molar-refractivity contribution in [3.8, 4) is 11.3 Å². The Kier molecular flexibility index (Phi) is 8.74. The van der Waals surface area contributed by atoms with Crippen molar-refractivity contribution in [1.29, 1.82) is 0 Å². The summed E-state index contributed by atoms with van der Waals surface area (Å²) >= 11 is 0. The Bertz CT molecular complexity index is 1430. The smallest absolute Gasteiger partial charge is 0.0639 e. The zero-order valence-electron chi connectivity index (χ0n) is 20.1. The molecule has 2 radical (unpaired) electrons. The van der Waals surface area contributed by atoms with Crippen molar-refractivity contribution >= 4 is 33.0 Å². The van der Waals surface area contributed by atoms with Gasteiger partial charge in [0.1, 0.15) is 0 Å². The van der Waals surface area contributed by atoms with Crippen LogP contribution >= 0.6 is 0 Å². The van der Waals surface area contributed by atoms with Crippen LogP contribution in [-0.2, 0) is 52.8 Å². The molecule has 0 aliphatic carbocycles. The van der Waals surface area contributed by atoms with Gasteiger partial charge in [-0.1, -0.05) is 23.6 Å². The van der Waals surface area contributed by atoms with E-state index in [9.17, 15) is 0 Å². The van der Waals surface area contributed by atoms with Crippen molar-refractivity contribution in [2.75, 3.05) is 18.0 Å². The first-order valence-electron chi connectivity index (χ1n) is 11.3. The molecule has 2 aromatic heterocycles. The number of anilines is 1. The van der Waals surface area contributed by atoms with Crippen LogP contribution in [0.2, 0.25) is 0 Å². The van der Waals surface area contributed by atoms with Crippen LogP contribution in [0.1, 0.15) is 30.4 Å². The van der Waals surface area contributed by atoms with Gasteiger partial charge in [-0.15, -0.1) is 29.7 Å². The van der Waals surface area contributed by atoms with Crippen molar-refractivity contribution in [3.63, 3.8) is 0 Å². The van der Waals surface area contributed by atoms with E-state index in [1.807, 2.05) is 12.3 Å². The summed E-state index contributed by atoms with van der Waals surface area (Å²) in [7, 11) is 0. The predicted octanol–water partition coefficient (Wildman–Crippen LogP) is 7.16. The third kappa shape index (κ3) is 4.39. The molecule has 0 bridgehead atoms. The normalized spacial score (nSPS) is 13.4. The molecule has 1 aliphatic rings. The number of rotatable bonds is 2. The molecule has 1 aliphatic heterocycles. The third-order valence-corrected chi connectivity index (χ3v) is 6.81. The maximum atomic E-state index is 4.89. The molecule has 0 spiro atoms. The van der Waals surface area contributed by atoms with E-state index in [2.05, 4.69) is 77.7 Å². The first kappa shape index (κ1) is 27.0. The molecule has 0 amide bonds. The Labute approximate surface area is 241 Å². The Balaban J connectivity index is 0.00000108. The molecule has 5 heteroatoms. The van der Waals surface area contributed by atoms with Crippen molar-refractivity contribution in [1.82, 2.24) is 9.38 Å². The minimum atomic E-state index is 0. The Morgan fingerprint density at radius 3 is 2.35 bits per heavy atom. The van der Waals surface area contributed by atoms with Crippen LogP contribution in [0.25, 0.3) is 38.6 Å². The van der Waals surface area contributed by atoms with E-state index in [0.717, 1.165) is 29.8 Å². The van der Waals surface area contributed by atoms with E-state index in [0.29, 0.717) is 0 Å². The second-order valence-corrected chi connectivity index (χ2v) is 8.78. The van der Waals surface area contributed by atoms with Crippen LogP contribution < -0.4 is 4.90 Å². The van der Waals surface area contributed by atoms with E-state index in [1.54, 1.807) is 0 Å². The standard InChI is InChI=1S/C28H26N3.CH3.Ir.Y/c1-19-9-8-10-20(2)27(19)26-18-29-28-23-12-5-4-11-22(23)24-17-21(13-14-25(24)31(26)28)30-15-6-3-7-16-30;;;/h4-5,8-11,13-14,17-18H,3,6-7,15-16H2,1-2H3;1H3;;/q2*-1;;. The van der Waals surface area contributed by atoms with E-state index in [1.165, 1.54) is 57.9 Å². The summed E-state index contributed by atoms with van der Waals surface area (Å²) in [5, 5.41) is 3.58. The molecule has 3 nitrogen and oxygen atoms in total. The van der Waals surface area contributed by atoms with Gasteiger partial charge in [-0.25, -0.2) is 0 Å². The molecule has 0 N–H and O–H groups in total. The van der Waals surface area contributed by atoms with Crippen molar-refractivity contribution in [2.45, 2.75) is 33.1 Å². The van der Waals surface area contributed by atoms with Crippen LogP contribution in [0.5, 0.6) is 0 Å². The van der Waals surface area contributed by atoms with Crippen molar-refractivity contribution < 1.29 is 52.8 Å². The van der Waals surface area contributed by atoms with Gasteiger partial charge in [0.05, 0.1) is 11.3 Å². The van der Waals surface area contributed by atoms with Crippen LogP contribution in [0.3, 0.4) is 0 Å². The number of benzene rings is 3. The zero-order chi connectivity index (χ0) is 20.9. The third-order valence-electron chi connectivity index (χ3n) is 6.81. The average molecular weight is 701 g/mol. The van der Waals surface area contributed by atoms with Crippen LogP contribution in [-0.4, -0.2) is 22.5 Å². The van der Waals surface area contributed by atoms with Gasteiger partial charge in [0.2, 0.25) is 0 Å². The fraction of sp³-hybridized carbons (Fsp3) is 0.241. The summed E-state index contributed by atoms with van der Waals surface area (Å²) in [5.74, 6) is 0. The molecule has 3 heterocycles. The molecule has 0 unspecified atom stereocenters. The number of hydrogen-bond donors (Lipinski definition) is 0. The molecule has 174 valence electrons. The Morgan fingerprint density at radius 1 is 0.882 bits per heavy atom. The summed E-state index contributed by atoms with van der Waals surface area (Å²) in [6, 6.07) is 23.2. The first-order chi connectivity index (χ1) is 15.2. The molecule has 0 atom stereocenters. The largest absolute Gasteiger partial charge is 0.372 e. The Hall–Kier alpha value is -1.58. The summed E-state index contributed by atoms with van der Waals surface area (Å²) < 4.78 is 2.34. The van der Waals surface area contributed by atoms with Crippen LogP contribution in [0, 0.1) is 27.3 Å². The molecule has 6 rings (SSSR count). The number of pyridine rings is 1. The molecular weight excluding hydrogens is 671 g/mol. The van der Waals surface area contributed by atoms with Crippen molar-refractivity contribution in [3.05, 3.63) is 85.4 Å². The summed E-state index contributed by atoms with van der Waals surface area (Å²) in [5.41, 5.74) is 8.48. The van der Waals surface area contributed by atoms with Gasteiger partial charge in [0.15, 0.2) is 0 Å². The van der Waals surface area contributed by atoms with E-state index in [-0.39, 0.29) is 60.2 Å². The van der Waals surface area contributed by atoms with Gasteiger partial charge in [0.25, 0.3) is 0 Å². The molecule has 1 fully saturated rings. The summed E-state index contributed by atoms with van der Waals surface area (Å²) in [4.78, 5) is 7.42. The van der Waals surface area contributed by atoms with E-state index < -0.39 is 0 Å². The maximum Gasteiger partial charge on any atom is 0.0639 e. The maximum absolute atomic E-state index is 4.89. The quantitative estimate of drug-likeness (QED) is 0.144. The second-order valence-electron chi connectivity index (χ2n) is 8.78. The average Bonchev–Trinajstić information content (AvgIpc) is 3.24. The zero-order valence-corrected chi connectivity index (χ0v) is 25.3. The summed E-state index contributed by atoms with van der Waals surface area (Å²) in [6.45, 7) is 6.67. The van der Waals surface area contributed by atoms with Crippen LogP contribution in [0.15, 0.2) is 60.8 Å². The SMILES string of the molecule is Cc1cccc(C)c1-c1cnc2c3[c-]cccc3c3cc(N4CCCCC4)ccc3n12.[CH3-].[Ir].[Y]. The molecule has 1 saturated heterocycles. The fourth-order valence-electron chi connectivity index (χ4n) is 5.30. The van der Waals surface area contributed by atoms with Crippen LogP contribution in [0.4, 0.5) is 5.69 Å². The second kappa shape index (κ2) is 11.0. The van der Waals surface area contributed by atoms with E-state index >= 15 is 0 Å². The molecule has 34 heavy (non-hydrogen) atoms. The number of hydrogen-bond acceptors (Lipinski definition) is 2. The summed E-state index contributed by atoms with van der Waals surface area (Å²) in [6.07, 6.45) is 5.94. The number of aromatic nitrogens is 2. The number of piperidine rings is 1. The number of aryl methyl sites for hydroxylation is 2. The number of nitrogens with zero attached hydrogens (tertiary/aromatic N) is 3. The Morgan fingerprint density at radius 2 is 1.62 bits per heavy atom. The van der Waals surface area contributed by atoms with E-state index in [4.69, 9.17) is 4.98 Å². The molecular formula is C29H29IrN3Y-2. The van der Waals surface area contributed by atoms with Gasteiger partial charge < -0.3 is 16.7 Å². The van der Waals surface area contributed by atoms with Gasteiger partial charge >= 0.3 is 0 Å². The minimum Gasteiger partial charge on any atom is -0.372 e. The van der Waals surface area contributed by atoms with Gasteiger partial charge in [-0.05, 0) is 67.8 Å². The predicted molar refractivity (Wildman–Crippen MR) is 136 cm³/mol. The van der Waals surface area contributed by atoms with Crippen molar-refractivity contribution in [2.24, 2.45) is 0 Å². The van der Waals surface area contributed by atoms with Gasteiger partial charge in [-0.3, -0.25) is 4.98 Å². The topological polar surface area (TPSA) is 20.5 Å². The minimum absolute atomic E-state index is 0. The monoisotopic (exact) mass is 701 g/mol. The molecule has 5 aromatic rings. The first-order valence-corrected chi connectivity index (χ1v) is 11.3. The molecule has 0 saturated carbocycles. The van der Waals surface area contributed by atoms with Gasteiger partial charge in [-0.2, -0.15) is 0 Å². The fourth-order valence-corrected chi connectivity index (χ4v) is 5.30.